The highest BCUT2D eigenvalue weighted by molar-refractivity contribution is 7.93. The van der Waals surface area contributed by atoms with Gasteiger partial charge in [-0.1, -0.05) is 12.1 Å². The van der Waals surface area contributed by atoms with E-state index in [1.807, 2.05) is 43.0 Å². The van der Waals surface area contributed by atoms with Crippen molar-refractivity contribution in [2.75, 3.05) is 45.4 Å². The summed E-state index contributed by atoms with van der Waals surface area (Å²) < 4.78 is 27.9. The molecule has 2 aliphatic rings. The summed E-state index contributed by atoms with van der Waals surface area (Å²) in [5, 5.41) is 0. The summed E-state index contributed by atoms with van der Waals surface area (Å²) in [6.07, 6.45) is 1.38. The van der Waals surface area contributed by atoms with Gasteiger partial charge >= 0.3 is 0 Å². The van der Waals surface area contributed by atoms with Gasteiger partial charge in [0, 0.05) is 41.4 Å². The van der Waals surface area contributed by atoms with E-state index in [1.54, 1.807) is 14.2 Å². The van der Waals surface area contributed by atoms with E-state index in [4.69, 9.17) is 9.47 Å². The predicted octanol–water partition coefficient (Wildman–Crippen LogP) is 2.46. The second-order valence-corrected chi connectivity index (χ2v) is 10.7. The zero-order chi connectivity index (χ0) is 19.7. The summed E-state index contributed by atoms with van der Waals surface area (Å²) in [6.45, 7) is 5.60. The highest BCUT2D eigenvalue weighted by Crippen LogP contribution is 2.34. The van der Waals surface area contributed by atoms with Gasteiger partial charge in [0.05, 0.1) is 24.7 Å². The van der Waals surface area contributed by atoms with Crippen LogP contribution in [0.15, 0.2) is 28.6 Å². The van der Waals surface area contributed by atoms with Gasteiger partial charge in [0.25, 0.3) is 0 Å². The fourth-order valence-electron chi connectivity index (χ4n) is 3.95. The average Bonchev–Trinajstić information content (AvgIpc) is 2.70. The molecule has 1 aromatic rings. The fourth-order valence-corrected chi connectivity index (χ4v) is 5.90. The van der Waals surface area contributed by atoms with E-state index < -0.39 is 15.1 Å². The van der Waals surface area contributed by atoms with E-state index in [0.29, 0.717) is 44.0 Å². The molecule has 0 atom stereocenters. The van der Waals surface area contributed by atoms with Crippen molar-refractivity contribution in [3.63, 3.8) is 0 Å². The first-order valence-corrected chi connectivity index (χ1v) is 11.3. The Morgan fingerprint density at radius 3 is 2.44 bits per heavy atom. The van der Waals surface area contributed by atoms with Crippen LogP contribution in [0.4, 0.5) is 0 Å². The maximum atomic E-state index is 13.3. The second-order valence-electron chi connectivity index (χ2n) is 7.98. The van der Waals surface area contributed by atoms with E-state index in [9.17, 15) is 9.00 Å². The Kier molecular flexibility index (Phi) is 5.54. The molecule has 0 bridgehead atoms. The molecule has 0 saturated carbocycles. The van der Waals surface area contributed by atoms with E-state index in [2.05, 4.69) is 4.36 Å². The molecule has 150 valence electrons. The molecule has 2 aliphatic heterocycles. The van der Waals surface area contributed by atoms with Crippen molar-refractivity contribution in [2.24, 2.45) is 4.36 Å². The topological polar surface area (TPSA) is 68.2 Å². The largest absolute Gasteiger partial charge is 0.497 e. The molecule has 3 rings (SSSR count). The first-order chi connectivity index (χ1) is 12.7. The molecule has 6 nitrogen and oxygen atoms in total. The first-order valence-electron chi connectivity index (χ1n) is 9.42. The summed E-state index contributed by atoms with van der Waals surface area (Å²) in [6, 6.07) is 7.67. The minimum absolute atomic E-state index is 0.0989. The number of benzene rings is 1. The number of hydrogen-bond donors (Lipinski definition) is 0. The number of nitrogens with zero attached hydrogens (tertiary/aromatic N) is 2. The number of hydrogen-bond acceptors (Lipinski definition) is 5. The molecule has 7 heteroatoms. The quantitative estimate of drug-likeness (QED) is 0.790. The maximum absolute atomic E-state index is 13.3. The first kappa shape index (κ1) is 20.1. The van der Waals surface area contributed by atoms with Gasteiger partial charge in [-0.3, -0.25) is 4.79 Å². The summed E-state index contributed by atoms with van der Waals surface area (Å²) in [5.74, 6) is 1.97. The molecule has 1 spiro atoms. The molecule has 0 radical (unpaired) electrons. The van der Waals surface area contributed by atoms with Gasteiger partial charge < -0.3 is 14.4 Å². The van der Waals surface area contributed by atoms with Crippen molar-refractivity contribution in [3.8, 4) is 5.75 Å². The van der Waals surface area contributed by atoms with Crippen LogP contribution in [-0.2, 0) is 24.7 Å². The summed E-state index contributed by atoms with van der Waals surface area (Å²) >= 11 is 0. The van der Waals surface area contributed by atoms with Crippen LogP contribution < -0.4 is 4.74 Å². The number of methoxy groups -OCH3 is 1. The lowest BCUT2D eigenvalue weighted by molar-refractivity contribution is -0.156. The number of morpholine rings is 1. The second kappa shape index (κ2) is 7.43. The van der Waals surface area contributed by atoms with E-state index in [0.717, 1.165) is 11.3 Å². The highest BCUT2D eigenvalue weighted by Gasteiger charge is 2.44. The Labute approximate surface area is 162 Å². The minimum Gasteiger partial charge on any atom is -0.497 e. The van der Waals surface area contributed by atoms with Crippen molar-refractivity contribution in [3.05, 3.63) is 29.8 Å². The number of carbonyl (C=O) groups excluding carboxylic acids is 1. The normalized spacial score (nSPS) is 28.8. The van der Waals surface area contributed by atoms with Crippen LogP contribution in [-0.4, -0.2) is 66.0 Å². The van der Waals surface area contributed by atoms with Gasteiger partial charge in [-0.15, -0.1) is 0 Å². The predicted molar refractivity (Wildman–Crippen MR) is 107 cm³/mol. The number of carbonyl (C=O) groups is 1. The van der Waals surface area contributed by atoms with Crippen LogP contribution >= 0.6 is 0 Å². The van der Waals surface area contributed by atoms with Gasteiger partial charge in [0.2, 0.25) is 5.91 Å². The summed E-state index contributed by atoms with van der Waals surface area (Å²) in [4.78, 5) is 15.3. The smallest absolute Gasteiger partial charge is 0.232 e. The molecule has 2 heterocycles. The van der Waals surface area contributed by atoms with E-state index in [1.165, 1.54) is 0 Å². The minimum atomic E-state index is -2.09. The Morgan fingerprint density at radius 2 is 1.89 bits per heavy atom. The van der Waals surface area contributed by atoms with Crippen LogP contribution in [0.5, 0.6) is 5.75 Å². The number of amides is 1. The molecule has 2 saturated heterocycles. The third-order valence-electron chi connectivity index (χ3n) is 5.97. The molecule has 0 N–H and O–H groups in total. The van der Waals surface area contributed by atoms with Crippen LogP contribution in [0.25, 0.3) is 0 Å². The van der Waals surface area contributed by atoms with Crippen molar-refractivity contribution in [2.45, 2.75) is 37.7 Å². The summed E-state index contributed by atoms with van der Waals surface area (Å²) in [7, 11) is 1.18. The van der Waals surface area contributed by atoms with E-state index in [-0.39, 0.29) is 11.5 Å². The van der Waals surface area contributed by atoms with Gasteiger partial charge in [-0.05, 0) is 44.4 Å². The van der Waals surface area contributed by atoms with Crippen molar-refractivity contribution < 1.29 is 18.5 Å². The Balaban J connectivity index is 1.75. The van der Waals surface area contributed by atoms with Crippen LogP contribution in [0.1, 0.15) is 32.3 Å². The molecule has 0 aromatic heterocycles. The lowest BCUT2D eigenvalue weighted by Crippen LogP contribution is -2.59. The molecule has 27 heavy (non-hydrogen) atoms. The highest BCUT2D eigenvalue weighted by atomic mass is 32.2. The molecule has 2 fully saturated rings. The number of ether oxygens (including phenoxy) is 2. The average molecular weight is 395 g/mol. The van der Waals surface area contributed by atoms with Crippen LogP contribution in [0, 0.1) is 0 Å². The molecule has 1 aromatic carbocycles. The van der Waals surface area contributed by atoms with Crippen molar-refractivity contribution in [1.29, 1.82) is 0 Å². The van der Waals surface area contributed by atoms with Gasteiger partial charge in [-0.2, -0.15) is 0 Å². The summed E-state index contributed by atoms with van der Waals surface area (Å²) in [5.41, 5.74) is -0.0494. The SMILES string of the molecule is CN=S1(=O)CCC2(CC1)CN(C(=O)C(C)(C)c1ccc(OC)cc1)CCO2. The van der Waals surface area contributed by atoms with Crippen molar-refractivity contribution >= 4 is 15.6 Å². The monoisotopic (exact) mass is 394 g/mol. The molecule has 1 amide bonds. The lowest BCUT2D eigenvalue weighted by atomic mass is 9.82. The van der Waals surface area contributed by atoms with Gasteiger partial charge in [0.15, 0.2) is 0 Å². The lowest BCUT2D eigenvalue weighted by Gasteiger charge is -2.47. The Morgan fingerprint density at radius 1 is 1.26 bits per heavy atom. The molecule has 0 aliphatic carbocycles. The van der Waals surface area contributed by atoms with Gasteiger partial charge in [-0.25, -0.2) is 8.57 Å². The third-order valence-corrected chi connectivity index (χ3v) is 8.32. The maximum Gasteiger partial charge on any atom is 0.232 e. The van der Waals surface area contributed by atoms with Gasteiger partial charge in [0.1, 0.15) is 5.75 Å². The fraction of sp³-hybridized carbons (Fsp3) is 0.650. The molecular formula is C20H30N2O4S. The Bertz CT molecular complexity index is 796. The van der Waals surface area contributed by atoms with Crippen molar-refractivity contribution in [1.82, 2.24) is 4.90 Å². The van der Waals surface area contributed by atoms with E-state index >= 15 is 0 Å². The zero-order valence-corrected chi connectivity index (χ0v) is 17.5. The van der Waals surface area contributed by atoms with Crippen LogP contribution in [0.2, 0.25) is 0 Å². The number of rotatable bonds is 3. The molecule has 0 unspecified atom stereocenters. The molecular weight excluding hydrogens is 364 g/mol. The third kappa shape index (κ3) is 3.99. The van der Waals surface area contributed by atoms with Crippen LogP contribution in [0.3, 0.4) is 0 Å². The standard InChI is InChI=1S/C20H30N2O4S/c1-19(2,16-5-7-17(25-4)8-6-16)18(23)22-11-12-26-20(15-22)9-13-27(24,21-3)14-10-20/h5-8H,9-15H2,1-4H3. The Hall–Kier alpha value is -1.60. The zero-order valence-electron chi connectivity index (χ0n) is 16.7.